The molecule has 1 saturated heterocycles. The SMILES string of the molecule is COc1cc(C(=O)N2CCC[C@H]2CNCc2ccc(Cl)cc2)ccn1. The first kappa shape index (κ1) is 17.7. The molecule has 1 amide bonds. The number of pyridine rings is 1. The van der Waals surface area contributed by atoms with E-state index < -0.39 is 0 Å². The van der Waals surface area contributed by atoms with Gasteiger partial charge in [0.1, 0.15) is 0 Å². The molecule has 25 heavy (non-hydrogen) atoms. The summed E-state index contributed by atoms with van der Waals surface area (Å²) in [5.41, 5.74) is 1.80. The number of nitrogens with one attached hydrogen (secondary N) is 1. The van der Waals surface area contributed by atoms with Crippen LogP contribution in [0.4, 0.5) is 0 Å². The third-order valence-electron chi connectivity index (χ3n) is 4.45. The van der Waals surface area contributed by atoms with E-state index in [1.807, 2.05) is 29.2 Å². The van der Waals surface area contributed by atoms with Gasteiger partial charge >= 0.3 is 0 Å². The number of amides is 1. The van der Waals surface area contributed by atoms with Crippen LogP contribution in [0.3, 0.4) is 0 Å². The van der Waals surface area contributed by atoms with E-state index >= 15 is 0 Å². The van der Waals surface area contributed by atoms with Gasteiger partial charge in [-0.15, -0.1) is 0 Å². The van der Waals surface area contributed by atoms with Crippen molar-refractivity contribution < 1.29 is 9.53 Å². The van der Waals surface area contributed by atoms with Gasteiger partial charge in [0.05, 0.1) is 7.11 Å². The molecule has 0 radical (unpaired) electrons. The molecule has 5 nitrogen and oxygen atoms in total. The Hall–Kier alpha value is -2.11. The van der Waals surface area contributed by atoms with E-state index in [2.05, 4.69) is 10.3 Å². The molecule has 1 aliphatic heterocycles. The summed E-state index contributed by atoms with van der Waals surface area (Å²) in [5.74, 6) is 0.499. The summed E-state index contributed by atoms with van der Waals surface area (Å²) in [5, 5.41) is 4.19. The standard InChI is InChI=1S/C19H22ClN3O2/c1-25-18-11-15(8-9-22-18)19(24)23-10-2-3-17(23)13-21-12-14-4-6-16(20)7-5-14/h4-9,11,17,21H,2-3,10,12-13H2,1H3/t17-/m0/s1. The van der Waals surface area contributed by atoms with Crippen LogP contribution in [0, 0.1) is 0 Å². The monoisotopic (exact) mass is 359 g/mol. The minimum Gasteiger partial charge on any atom is -0.481 e. The molecule has 2 heterocycles. The summed E-state index contributed by atoms with van der Waals surface area (Å²) in [6.07, 6.45) is 3.65. The first-order valence-corrected chi connectivity index (χ1v) is 8.81. The number of nitrogens with zero attached hydrogens (tertiary/aromatic N) is 2. The predicted octanol–water partition coefficient (Wildman–Crippen LogP) is 3.14. The molecule has 1 fully saturated rings. The zero-order valence-corrected chi connectivity index (χ0v) is 15.0. The van der Waals surface area contributed by atoms with Gasteiger partial charge in [-0.1, -0.05) is 23.7 Å². The first-order valence-electron chi connectivity index (χ1n) is 8.43. The van der Waals surface area contributed by atoms with Crippen LogP contribution in [0.1, 0.15) is 28.8 Å². The summed E-state index contributed by atoms with van der Waals surface area (Å²) in [6.45, 7) is 2.33. The quantitative estimate of drug-likeness (QED) is 0.860. The lowest BCUT2D eigenvalue weighted by molar-refractivity contribution is 0.0735. The number of hydrogen-bond acceptors (Lipinski definition) is 4. The minimum absolute atomic E-state index is 0.0384. The highest BCUT2D eigenvalue weighted by molar-refractivity contribution is 6.30. The second-order valence-corrected chi connectivity index (χ2v) is 6.58. The van der Waals surface area contributed by atoms with Crippen molar-refractivity contribution in [3.63, 3.8) is 0 Å². The van der Waals surface area contributed by atoms with Gasteiger partial charge in [0, 0.05) is 48.5 Å². The van der Waals surface area contributed by atoms with Gasteiger partial charge in [-0.25, -0.2) is 4.98 Å². The van der Waals surface area contributed by atoms with Crippen LogP contribution in [-0.2, 0) is 6.54 Å². The van der Waals surface area contributed by atoms with Gasteiger partial charge in [-0.05, 0) is 36.6 Å². The Morgan fingerprint density at radius 1 is 1.36 bits per heavy atom. The number of carbonyl (C=O) groups is 1. The maximum absolute atomic E-state index is 12.8. The molecule has 1 atom stereocenters. The summed E-state index contributed by atoms with van der Waals surface area (Å²) in [7, 11) is 1.55. The van der Waals surface area contributed by atoms with Gasteiger partial charge < -0.3 is 15.0 Å². The van der Waals surface area contributed by atoms with Crippen molar-refractivity contribution >= 4 is 17.5 Å². The molecule has 1 aliphatic rings. The Bertz CT molecular complexity index is 721. The van der Waals surface area contributed by atoms with E-state index in [-0.39, 0.29) is 11.9 Å². The molecule has 0 aliphatic carbocycles. The smallest absolute Gasteiger partial charge is 0.254 e. The number of hydrogen-bond donors (Lipinski definition) is 1. The third kappa shape index (κ3) is 4.50. The van der Waals surface area contributed by atoms with Crippen LogP contribution in [0.5, 0.6) is 5.88 Å². The van der Waals surface area contributed by atoms with Gasteiger partial charge in [-0.2, -0.15) is 0 Å². The number of aromatic nitrogens is 1. The van der Waals surface area contributed by atoms with Crippen LogP contribution < -0.4 is 10.1 Å². The Labute approximate surface area is 153 Å². The number of ether oxygens (including phenoxy) is 1. The molecule has 0 spiro atoms. The third-order valence-corrected chi connectivity index (χ3v) is 4.70. The number of benzene rings is 1. The molecular weight excluding hydrogens is 338 g/mol. The second-order valence-electron chi connectivity index (χ2n) is 6.14. The molecule has 6 heteroatoms. The summed E-state index contributed by atoms with van der Waals surface area (Å²) < 4.78 is 5.11. The van der Waals surface area contributed by atoms with Crippen LogP contribution >= 0.6 is 11.6 Å². The normalized spacial score (nSPS) is 16.9. The maximum Gasteiger partial charge on any atom is 0.254 e. The van der Waals surface area contributed by atoms with Gasteiger partial charge in [0.15, 0.2) is 0 Å². The fourth-order valence-electron chi connectivity index (χ4n) is 3.12. The van der Waals surface area contributed by atoms with E-state index in [1.54, 1.807) is 25.4 Å². The van der Waals surface area contributed by atoms with Crippen LogP contribution in [0.15, 0.2) is 42.6 Å². The Kier molecular flexibility index (Phi) is 5.89. The molecule has 132 valence electrons. The van der Waals surface area contributed by atoms with Crippen molar-refractivity contribution in [2.75, 3.05) is 20.2 Å². The van der Waals surface area contributed by atoms with Gasteiger partial charge in [0.25, 0.3) is 5.91 Å². The fourth-order valence-corrected chi connectivity index (χ4v) is 3.25. The molecule has 0 unspecified atom stereocenters. The largest absolute Gasteiger partial charge is 0.481 e. The lowest BCUT2D eigenvalue weighted by Crippen LogP contribution is -2.41. The van der Waals surface area contributed by atoms with Crippen molar-refractivity contribution in [2.24, 2.45) is 0 Å². The maximum atomic E-state index is 12.8. The average Bonchev–Trinajstić information content (AvgIpc) is 3.11. The van der Waals surface area contributed by atoms with Crippen molar-refractivity contribution in [3.8, 4) is 5.88 Å². The summed E-state index contributed by atoms with van der Waals surface area (Å²) in [4.78, 5) is 18.8. The van der Waals surface area contributed by atoms with E-state index in [0.717, 1.165) is 37.5 Å². The highest BCUT2D eigenvalue weighted by Crippen LogP contribution is 2.21. The summed E-state index contributed by atoms with van der Waals surface area (Å²) in [6, 6.07) is 11.4. The van der Waals surface area contributed by atoms with Crippen LogP contribution in [0.2, 0.25) is 5.02 Å². The van der Waals surface area contributed by atoms with Crippen molar-refractivity contribution in [2.45, 2.75) is 25.4 Å². The number of methoxy groups -OCH3 is 1. The van der Waals surface area contributed by atoms with Gasteiger partial charge in [0.2, 0.25) is 5.88 Å². The average molecular weight is 360 g/mol. The molecule has 1 aromatic carbocycles. The number of likely N-dealkylation sites (tertiary alicyclic amines) is 1. The van der Waals surface area contributed by atoms with Crippen molar-refractivity contribution in [1.82, 2.24) is 15.2 Å². The number of halogens is 1. The van der Waals surface area contributed by atoms with E-state index in [4.69, 9.17) is 16.3 Å². The zero-order chi connectivity index (χ0) is 17.6. The molecule has 3 rings (SSSR count). The van der Waals surface area contributed by atoms with E-state index in [0.29, 0.717) is 11.4 Å². The fraction of sp³-hybridized carbons (Fsp3) is 0.368. The highest BCUT2D eigenvalue weighted by atomic mass is 35.5. The Morgan fingerprint density at radius 3 is 2.92 bits per heavy atom. The number of rotatable bonds is 6. The zero-order valence-electron chi connectivity index (χ0n) is 14.2. The predicted molar refractivity (Wildman–Crippen MR) is 98.0 cm³/mol. The van der Waals surface area contributed by atoms with Crippen LogP contribution in [0.25, 0.3) is 0 Å². The lowest BCUT2D eigenvalue weighted by Gasteiger charge is -2.25. The Balaban J connectivity index is 1.58. The van der Waals surface area contributed by atoms with Crippen molar-refractivity contribution in [3.05, 3.63) is 58.7 Å². The van der Waals surface area contributed by atoms with Crippen molar-refractivity contribution in [1.29, 1.82) is 0 Å². The second kappa shape index (κ2) is 8.32. The molecule has 0 bridgehead atoms. The molecule has 2 aromatic rings. The Morgan fingerprint density at radius 2 is 2.16 bits per heavy atom. The lowest BCUT2D eigenvalue weighted by atomic mass is 10.1. The minimum atomic E-state index is 0.0384. The first-order chi connectivity index (χ1) is 12.2. The number of carbonyl (C=O) groups excluding carboxylic acids is 1. The molecule has 1 aromatic heterocycles. The van der Waals surface area contributed by atoms with E-state index in [9.17, 15) is 4.79 Å². The topological polar surface area (TPSA) is 54.5 Å². The highest BCUT2D eigenvalue weighted by Gasteiger charge is 2.29. The van der Waals surface area contributed by atoms with Gasteiger partial charge in [-0.3, -0.25) is 4.79 Å². The molecule has 1 N–H and O–H groups in total. The van der Waals surface area contributed by atoms with E-state index in [1.165, 1.54) is 5.56 Å². The summed E-state index contributed by atoms with van der Waals surface area (Å²) >= 11 is 5.91. The molecule has 0 saturated carbocycles. The van der Waals surface area contributed by atoms with Crippen LogP contribution in [-0.4, -0.2) is 42.0 Å². The molecular formula is C19H22ClN3O2.